The summed E-state index contributed by atoms with van der Waals surface area (Å²) in [5, 5.41) is 7.17. The van der Waals surface area contributed by atoms with Gasteiger partial charge in [-0.2, -0.15) is 5.10 Å². The Kier molecular flexibility index (Phi) is 7.20. The highest BCUT2D eigenvalue weighted by Gasteiger charge is 2.22. The minimum absolute atomic E-state index is 0.154. The van der Waals surface area contributed by atoms with E-state index in [1.54, 1.807) is 13.8 Å². The van der Waals surface area contributed by atoms with E-state index in [4.69, 9.17) is 4.74 Å². The van der Waals surface area contributed by atoms with Crippen LogP contribution in [0.5, 0.6) is 5.75 Å². The van der Waals surface area contributed by atoms with Crippen molar-refractivity contribution >= 4 is 11.6 Å². The van der Waals surface area contributed by atoms with Crippen molar-refractivity contribution < 1.29 is 9.53 Å². The van der Waals surface area contributed by atoms with Crippen LogP contribution in [0.25, 0.3) is 5.69 Å². The first-order valence-corrected chi connectivity index (χ1v) is 11.8. The third-order valence-electron chi connectivity index (χ3n) is 6.24. The smallest absolute Gasteiger partial charge is 0.280 e. The van der Waals surface area contributed by atoms with Crippen LogP contribution in [0.15, 0.2) is 94.8 Å². The number of amides is 1. The molecule has 1 amide bonds. The van der Waals surface area contributed by atoms with Gasteiger partial charge in [0.25, 0.3) is 11.5 Å². The van der Waals surface area contributed by atoms with E-state index in [2.05, 4.69) is 41.6 Å². The number of para-hydroxylation sites is 1. The van der Waals surface area contributed by atoms with Gasteiger partial charge < -0.3 is 4.74 Å². The zero-order chi connectivity index (χ0) is 25.7. The lowest BCUT2D eigenvalue weighted by atomic mass is 9.78. The molecular formula is C29H30N4O3. The topological polar surface area (TPSA) is 88.5 Å². The number of hydrogen-bond acceptors (Lipinski definition) is 4. The van der Waals surface area contributed by atoms with Crippen molar-refractivity contribution in [1.82, 2.24) is 15.2 Å². The van der Waals surface area contributed by atoms with Crippen LogP contribution in [-0.4, -0.2) is 28.0 Å². The summed E-state index contributed by atoms with van der Waals surface area (Å²) in [4.78, 5) is 25.2. The lowest BCUT2D eigenvalue weighted by Gasteiger charge is -2.26. The molecule has 0 aliphatic heterocycles. The number of carbonyl (C=O) groups is 1. The molecule has 1 heterocycles. The number of benzene rings is 3. The molecule has 2 N–H and O–H groups in total. The van der Waals surface area contributed by atoms with Gasteiger partial charge in [-0.3, -0.25) is 14.7 Å². The molecule has 4 rings (SSSR count). The average Bonchev–Trinajstić information content (AvgIpc) is 3.21. The van der Waals surface area contributed by atoms with E-state index in [0.29, 0.717) is 22.7 Å². The van der Waals surface area contributed by atoms with Crippen molar-refractivity contribution in [2.75, 3.05) is 6.61 Å². The Bertz CT molecular complexity index is 1420. The van der Waals surface area contributed by atoms with Gasteiger partial charge in [-0.15, -0.1) is 0 Å². The van der Waals surface area contributed by atoms with Crippen LogP contribution in [0.2, 0.25) is 0 Å². The molecule has 184 valence electrons. The van der Waals surface area contributed by atoms with Gasteiger partial charge in [-0.05, 0) is 49.2 Å². The summed E-state index contributed by atoms with van der Waals surface area (Å²) in [6, 6.07) is 27.3. The first kappa shape index (κ1) is 24.7. The number of rotatable bonds is 8. The number of ether oxygens (including phenoxy) is 1. The monoisotopic (exact) mass is 482 g/mol. The van der Waals surface area contributed by atoms with Crippen LogP contribution in [0, 0.1) is 6.92 Å². The molecule has 0 atom stereocenters. The average molecular weight is 483 g/mol. The summed E-state index contributed by atoms with van der Waals surface area (Å²) in [6.45, 7) is 7.63. The largest absolute Gasteiger partial charge is 0.484 e. The second-order valence-corrected chi connectivity index (χ2v) is 9.12. The maximum absolute atomic E-state index is 12.9. The molecule has 3 aromatic carbocycles. The van der Waals surface area contributed by atoms with Crippen molar-refractivity contribution in [3.63, 3.8) is 0 Å². The number of nitrogens with zero attached hydrogens (tertiary/aromatic N) is 2. The van der Waals surface area contributed by atoms with Gasteiger partial charge in [0.05, 0.1) is 17.0 Å². The first-order valence-electron chi connectivity index (χ1n) is 11.8. The van der Waals surface area contributed by atoms with Crippen molar-refractivity contribution in [3.05, 3.63) is 118 Å². The minimum atomic E-state index is -0.417. The second kappa shape index (κ2) is 10.5. The Hall–Kier alpha value is -4.39. The van der Waals surface area contributed by atoms with Gasteiger partial charge in [-0.1, -0.05) is 74.5 Å². The Balaban J connectivity index is 1.37. The van der Waals surface area contributed by atoms with Crippen LogP contribution in [0.1, 0.15) is 43.2 Å². The van der Waals surface area contributed by atoms with Gasteiger partial charge in [0.2, 0.25) is 0 Å². The van der Waals surface area contributed by atoms with E-state index in [1.807, 2.05) is 72.8 Å². The Morgan fingerprint density at radius 3 is 2.17 bits per heavy atom. The highest BCUT2D eigenvalue weighted by atomic mass is 16.5. The molecule has 0 saturated carbocycles. The molecule has 0 unspecified atom stereocenters. The van der Waals surface area contributed by atoms with Gasteiger partial charge in [0.15, 0.2) is 6.61 Å². The fraction of sp³-hybridized carbons (Fsp3) is 0.207. The Morgan fingerprint density at radius 1 is 0.944 bits per heavy atom. The normalized spacial score (nSPS) is 11.8. The van der Waals surface area contributed by atoms with E-state index in [9.17, 15) is 9.59 Å². The predicted molar refractivity (Wildman–Crippen MR) is 142 cm³/mol. The molecule has 36 heavy (non-hydrogen) atoms. The SMILES string of the molecule is C/C(=N\NC(=O)COc1ccc(C(C)(C)c2ccccc2)cc1)c1c(C)[nH]n(-c2ccccc2)c1=O. The summed E-state index contributed by atoms with van der Waals surface area (Å²) in [7, 11) is 0. The molecule has 7 heteroatoms. The molecule has 0 aliphatic carbocycles. The summed E-state index contributed by atoms with van der Waals surface area (Å²) >= 11 is 0. The molecule has 0 radical (unpaired) electrons. The minimum Gasteiger partial charge on any atom is -0.484 e. The molecular weight excluding hydrogens is 452 g/mol. The quantitative estimate of drug-likeness (QED) is 0.281. The second-order valence-electron chi connectivity index (χ2n) is 9.12. The van der Waals surface area contributed by atoms with Crippen LogP contribution in [0.4, 0.5) is 0 Å². The van der Waals surface area contributed by atoms with Crippen LogP contribution >= 0.6 is 0 Å². The fourth-order valence-electron chi connectivity index (χ4n) is 4.10. The van der Waals surface area contributed by atoms with Crippen molar-refractivity contribution in [3.8, 4) is 11.4 Å². The molecule has 0 bridgehead atoms. The van der Waals surface area contributed by atoms with Crippen LogP contribution in [0.3, 0.4) is 0 Å². The zero-order valence-electron chi connectivity index (χ0n) is 20.9. The van der Waals surface area contributed by atoms with E-state index in [0.717, 1.165) is 11.3 Å². The molecule has 0 fully saturated rings. The summed E-state index contributed by atoms with van der Waals surface area (Å²) in [5.41, 5.74) is 6.66. The van der Waals surface area contributed by atoms with Crippen molar-refractivity contribution in [2.24, 2.45) is 5.10 Å². The lowest BCUT2D eigenvalue weighted by molar-refractivity contribution is -0.123. The summed E-state index contributed by atoms with van der Waals surface area (Å²) < 4.78 is 7.09. The third kappa shape index (κ3) is 5.30. The van der Waals surface area contributed by atoms with Gasteiger partial charge in [-0.25, -0.2) is 10.1 Å². The third-order valence-corrected chi connectivity index (χ3v) is 6.24. The Labute approximate surface area is 210 Å². The number of aromatic amines is 1. The maximum Gasteiger partial charge on any atom is 0.280 e. The summed E-state index contributed by atoms with van der Waals surface area (Å²) in [5.74, 6) is 0.172. The highest BCUT2D eigenvalue weighted by molar-refractivity contribution is 6.00. The molecule has 0 spiro atoms. The predicted octanol–water partition coefficient (Wildman–Crippen LogP) is 4.72. The van der Waals surface area contributed by atoms with E-state index in [-0.39, 0.29) is 17.6 Å². The molecule has 7 nitrogen and oxygen atoms in total. The van der Waals surface area contributed by atoms with Crippen LogP contribution in [-0.2, 0) is 10.2 Å². The Morgan fingerprint density at radius 2 is 1.53 bits per heavy atom. The van der Waals surface area contributed by atoms with Gasteiger partial charge >= 0.3 is 0 Å². The first-order chi connectivity index (χ1) is 17.3. The molecule has 1 aromatic heterocycles. The summed E-state index contributed by atoms with van der Waals surface area (Å²) in [6.07, 6.45) is 0. The molecule has 4 aromatic rings. The highest BCUT2D eigenvalue weighted by Crippen LogP contribution is 2.32. The number of aromatic nitrogens is 2. The maximum atomic E-state index is 12.9. The van der Waals surface area contributed by atoms with E-state index < -0.39 is 5.91 Å². The molecule has 0 saturated heterocycles. The molecule has 0 aliphatic rings. The number of H-pyrrole nitrogens is 1. The van der Waals surface area contributed by atoms with E-state index in [1.165, 1.54) is 10.2 Å². The number of aryl methyl sites for hydroxylation is 1. The lowest BCUT2D eigenvalue weighted by Crippen LogP contribution is -2.27. The van der Waals surface area contributed by atoms with Gasteiger partial charge in [0, 0.05) is 11.1 Å². The zero-order valence-corrected chi connectivity index (χ0v) is 20.9. The van der Waals surface area contributed by atoms with Gasteiger partial charge in [0.1, 0.15) is 5.75 Å². The number of nitrogens with one attached hydrogen (secondary N) is 2. The van der Waals surface area contributed by atoms with Crippen LogP contribution < -0.4 is 15.7 Å². The number of carbonyl (C=O) groups excluding carboxylic acids is 1. The number of hydrogen-bond donors (Lipinski definition) is 2. The van der Waals surface area contributed by atoms with Crippen molar-refractivity contribution in [1.29, 1.82) is 0 Å². The standard InChI is InChI=1S/C29H30N4O3/c1-20(27-21(2)32-33(28(27)35)24-13-9-6-10-14-24)30-31-26(34)19-36-25-17-15-23(16-18-25)29(3,4)22-11-7-5-8-12-22/h5-18,32H,19H2,1-4H3,(H,31,34)/b30-20+. The number of hydrazone groups is 1. The van der Waals surface area contributed by atoms with Crippen molar-refractivity contribution in [2.45, 2.75) is 33.1 Å². The fourth-order valence-corrected chi connectivity index (χ4v) is 4.10. The van der Waals surface area contributed by atoms with E-state index >= 15 is 0 Å².